The number of nitrogens with zero attached hydrogens (tertiary/aromatic N) is 2. The van der Waals surface area contributed by atoms with Crippen molar-refractivity contribution in [2.45, 2.75) is 18.8 Å². The molecule has 3 aromatic rings. The van der Waals surface area contributed by atoms with Crippen LogP contribution in [0.15, 0.2) is 65.0 Å². The maximum Gasteiger partial charge on any atom is 0.279 e. The molecule has 2 atom stereocenters. The maximum atomic E-state index is 13.0. The van der Waals surface area contributed by atoms with Gasteiger partial charge in [-0.25, -0.2) is 9.98 Å². The van der Waals surface area contributed by atoms with Crippen molar-refractivity contribution in [3.05, 3.63) is 75.6 Å². The number of dihydropyridines is 1. The predicted molar refractivity (Wildman–Crippen MR) is 126 cm³/mol. The normalized spacial score (nSPS) is 20.4. The Morgan fingerprint density at radius 1 is 1.03 bits per heavy atom. The number of amides is 1. The highest BCUT2D eigenvalue weighted by atomic mass is 35.5. The molecule has 0 radical (unpaired) electrons. The van der Waals surface area contributed by atoms with Gasteiger partial charge < -0.3 is 4.74 Å². The highest BCUT2D eigenvalue weighted by molar-refractivity contribution is 7.11. The molecule has 0 spiro atoms. The monoisotopic (exact) mass is 462 g/mol. The van der Waals surface area contributed by atoms with Gasteiger partial charge in [-0.3, -0.25) is 9.59 Å². The highest BCUT2D eigenvalue weighted by Gasteiger charge is 2.37. The number of halogens is 1. The number of rotatable bonds is 4. The van der Waals surface area contributed by atoms with Crippen molar-refractivity contribution in [2.75, 3.05) is 7.11 Å². The van der Waals surface area contributed by atoms with E-state index in [-0.39, 0.29) is 17.6 Å². The average Bonchev–Trinajstić information content (AvgIpc) is 3.29. The number of methoxy groups -OCH3 is 1. The average molecular weight is 463 g/mol. The molecule has 2 aliphatic rings. The topological polar surface area (TPSA) is 68.6 Å². The van der Waals surface area contributed by atoms with Crippen LogP contribution in [0.2, 0.25) is 5.02 Å². The number of benzene rings is 2. The van der Waals surface area contributed by atoms with E-state index in [1.807, 2.05) is 41.8 Å². The summed E-state index contributed by atoms with van der Waals surface area (Å²) < 4.78 is 5.21. The number of aliphatic imine (C=N–C) groups is 1. The number of hydrogen-bond acceptors (Lipinski definition) is 5. The predicted octanol–water partition coefficient (Wildman–Crippen LogP) is 5.60. The van der Waals surface area contributed by atoms with Gasteiger partial charge in [0.05, 0.1) is 24.3 Å². The lowest BCUT2D eigenvalue weighted by Gasteiger charge is -2.30. The summed E-state index contributed by atoms with van der Waals surface area (Å²) in [4.78, 5) is 34.8. The zero-order valence-electron chi connectivity index (χ0n) is 17.2. The first-order valence-corrected chi connectivity index (χ1v) is 11.5. The Labute approximate surface area is 194 Å². The summed E-state index contributed by atoms with van der Waals surface area (Å²) in [6, 6.07) is 15.1. The van der Waals surface area contributed by atoms with Crippen LogP contribution in [0.1, 0.15) is 29.3 Å². The molecule has 1 aromatic heterocycles. The van der Waals surface area contributed by atoms with E-state index in [9.17, 15) is 9.59 Å². The molecule has 2 unspecified atom stereocenters. The van der Waals surface area contributed by atoms with Crippen LogP contribution in [0.5, 0.6) is 5.75 Å². The van der Waals surface area contributed by atoms with Crippen LogP contribution in [-0.4, -0.2) is 29.5 Å². The van der Waals surface area contributed by atoms with Crippen molar-refractivity contribution in [1.29, 1.82) is 0 Å². The number of carbonyl (C=O) groups is 2. The Hall–Kier alpha value is -3.09. The molecule has 0 N–H and O–H groups in total. The fraction of sp³-hybridized carbons (Fsp3) is 0.200. The first kappa shape index (κ1) is 20.8. The van der Waals surface area contributed by atoms with Crippen molar-refractivity contribution in [3.63, 3.8) is 0 Å². The molecule has 2 heterocycles. The highest BCUT2D eigenvalue weighted by Crippen LogP contribution is 2.38. The second-order valence-corrected chi connectivity index (χ2v) is 9.15. The largest absolute Gasteiger partial charge is 0.497 e. The van der Waals surface area contributed by atoms with E-state index in [1.54, 1.807) is 25.3 Å². The Balaban J connectivity index is 1.39. The van der Waals surface area contributed by atoms with Gasteiger partial charge in [-0.05, 0) is 42.2 Å². The number of hydrogen-bond donors (Lipinski definition) is 0. The van der Waals surface area contributed by atoms with Crippen LogP contribution in [0, 0.1) is 5.92 Å². The lowest BCUT2D eigenvalue weighted by Crippen LogP contribution is -2.34. The van der Waals surface area contributed by atoms with Crippen molar-refractivity contribution >= 4 is 45.9 Å². The van der Waals surface area contributed by atoms with Gasteiger partial charge in [0.15, 0.2) is 0 Å². The molecule has 1 aliphatic carbocycles. The first-order valence-electron chi connectivity index (χ1n) is 10.2. The summed E-state index contributed by atoms with van der Waals surface area (Å²) >= 11 is 7.34. The summed E-state index contributed by atoms with van der Waals surface area (Å²) in [6.07, 6.45) is 2.76. The van der Waals surface area contributed by atoms with Crippen LogP contribution in [0.4, 0.5) is 0 Å². The molecule has 1 fully saturated rings. The van der Waals surface area contributed by atoms with Gasteiger partial charge in [0.25, 0.3) is 5.91 Å². The molecule has 32 heavy (non-hydrogen) atoms. The van der Waals surface area contributed by atoms with E-state index in [1.165, 1.54) is 11.3 Å². The van der Waals surface area contributed by atoms with Gasteiger partial charge in [-0.1, -0.05) is 41.9 Å². The molecule has 1 saturated carbocycles. The molecule has 160 valence electrons. The number of ketones is 1. The fourth-order valence-electron chi connectivity index (χ4n) is 4.17. The number of ether oxygens (including phenoxy) is 1. The van der Waals surface area contributed by atoms with Crippen molar-refractivity contribution in [2.24, 2.45) is 10.9 Å². The smallest absolute Gasteiger partial charge is 0.279 e. The number of fused-ring (bicyclic) bond motifs is 1. The third-order valence-corrected chi connectivity index (χ3v) is 7.01. The van der Waals surface area contributed by atoms with E-state index in [0.717, 1.165) is 22.6 Å². The second-order valence-electron chi connectivity index (χ2n) is 7.86. The zero-order valence-corrected chi connectivity index (χ0v) is 18.8. The van der Waals surface area contributed by atoms with Crippen molar-refractivity contribution in [3.8, 4) is 17.0 Å². The number of Topliss-reactive ketones (excluding diaryl/α,β-unsaturated/α-hetero) is 1. The molecule has 5 rings (SSSR count). The summed E-state index contributed by atoms with van der Waals surface area (Å²) in [7, 11) is 1.62. The number of allylic oxidation sites excluding steroid dienone is 1. The number of thiazole rings is 1. The molecule has 0 saturated heterocycles. The minimum Gasteiger partial charge on any atom is -0.497 e. The van der Waals surface area contributed by atoms with E-state index >= 15 is 0 Å². The molecule has 2 aromatic carbocycles. The van der Waals surface area contributed by atoms with Crippen LogP contribution < -0.4 is 4.74 Å². The minimum absolute atomic E-state index is 0.0162. The zero-order chi connectivity index (χ0) is 22.2. The molecule has 5 nitrogen and oxygen atoms in total. The summed E-state index contributed by atoms with van der Waals surface area (Å²) in [6.45, 7) is 0. The Morgan fingerprint density at radius 2 is 1.78 bits per heavy atom. The lowest BCUT2D eigenvalue weighted by molar-refractivity contribution is -0.120. The third-order valence-electron chi connectivity index (χ3n) is 5.88. The Kier molecular flexibility index (Phi) is 5.49. The van der Waals surface area contributed by atoms with Crippen LogP contribution in [0.3, 0.4) is 0 Å². The van der Waals surface area contributed by atoms with E-state index in [2.05, 4.69) is 9.98 Å². The van der Waals surface area contributed by atoms with Crippen LogP contribution >= 0.6 is 22.9 Å². The van der Waals surface area contributed by atoms with Gasteiger partial charge in [0.1, 0.15) is 16.5 Å². The van der Waals surface area contributed by atoms with Gasteiger partial charge in [-0.15, -0.1) is 11.3 Å². The summed E-state index contributed by atoms with van der Waals surface area (Å²) in [5.74, 6) is 0.0716. The number of aromatic nitrogens is 1. The van der Waals surface area contributed by atoms with Gasteiger partial charge in [0, 0.05) is 28.1 Å². The Bertz CT molecular complexity index is 1260. The summed E-state index contributed by atoms with van der Waals surface area (Å²) in [5.41, 5.74) is 3.78. The number of carbonyl (C=O) groups excluding carboxylic acids is 2. The molecule has 1 amide bonds. The molecule has 7 heteroatoms. The van der Waals surface area contributed by atoms with Gasteiger partial charge in [-0.2, -0.15) is 0 Å². The minimum atomic E-state index is -0.458. The third kappa shape index (κ3) is 3.92. The molecular weight excluding hydrogens is 444 g/mol. The molecular formula is C25H19ClN2O3S. The van der Waals surface area contributed by atoms with Crippen molar-refractivity contribution < 1.29 is 14.3 Å². The molecule has 1 aliphatic heterocycles. The fourth-order valence-corrected chi connectivity index (χ4v) is 5.14. The second kappa shape index (κ2) is 8.45. The SMILES string of the molecule is COc1ccc(C2CC(=O)C3C=C(c4nc(-c5ccc(Cl)cc5)cs4)C(=O)N=C3C2)cc1. The van der Waals surface area contributed by atoms with E-state index in [0.29, 0.717) is 34.2 Å². The lowest BCUT2D eigenvalue weighted by atomic mass is 9.75. The van der Waals surface area contributed by atoms with Gasteiger partial charge in [0.2, 0.25) is 0 Å². The van der Waals surface area contributed by atoms with Crippen LogP contribution in [-0.2, 0) is 9.59 Å². The summed E-state index contributed by atoms with van der Waals surface area (Å²) in [5, 5.41) is 3.13. The van der Waals surface area contributed by atoms with Crippen molar-refractivity contribution in [1.82, 2.24) is 4.98 Å². The molecule has 0 bridgehead atoms. The maximum absolute atomic E-state index is 13.0. The first-order chi connectivity index (χ1) is 15.5. The standard InChI is InChI=1S/C25H19ClN2O3S/c1-31-18-8-4-14(5-9-18)16-10-21-19(23(29)11-16)12-20(24(30)27-21)25-28-22(13-32-25)15-2-6-17(26)7-3-15/h2-9,12-13,16,19H,10-11H2,1H3. The van der Waals surface area contributed by atoms with E-state index < -0.39 is 5.92 Å². The Morgan fingerprint density at radius 3 is 2.50 bits per heavy atom. The van der Waals surface area contributed by atoms with Crippen LogP contribution in [0.25, 0.3) is 16.8 Å². The van der Waals surface area contributed by atoms with Gasteiger partial charge >= 0.3 is 0 Å². The van der Waals surface area contributed by atoms with E-state index in [4.69, 9.17) is 16.3 Å². The quantitative estimate of drug-likeness (QED) is 0.506.